The van der Waals surface area contributed by atoms with Gasteiger partial charge in [-0.05, 0) is 18.1 Å². The van der Waals surface area contributed by atoms with Crippen molar-refractivity contribution in [2.75, 3.05) is 26.9 Å². The Morgan fingerprint density at radius 3 is 2.54 bits per heavy atom. The second-order valence-electron chi connectivity index (χ2n) is 6.07. The molecule has 2 N–H and O–H groups in total. The first-order valence-corrected chi connectivity index (χ1v) is 8.72. The van der Waals surface area contributed by atoms with Gasteiger partial charge in [-0.3, -0.25) is 19.7 Å². The predicted octanol–water partition coefficient (Wildman–Crippen LogP) is 1.31. The average Bonchev–Trinajstić information content (AvgIpc) is 2.64. The van der Waals surface area contributed by atoms with Gasteiger partial charge in [-0.2, -0.15) is 0 Å². The van der Waals surface area contributed by atoms with Crippen LogP contribution in [0.4, 0.5) is 5.69 Å². The normalized spacial score (nSPS) is 11.6. The highest BCUT2D eigenvalue weighted by molar-refractivity contribution is 6.32. The molecule has 1 atom stereocenters. The Bertz CT molecular complexity index is 739. The van der Waals surface area contributed by atoms with Crippen LogP contribution in [-0.2, 0) is 19.1 Å². The van der Waals surface area contributed by atoms with Crippen molar-refractivity contribution < 1.29 is 28.8 Å². The molecule has 0 saturated carbocycles. The van der Waals surface area contributed by atoms with Crippen molar-refractivity contribution in [3.63, 3.8) is 0 Å². The molecule has 0 aliphatic carbocycles. The van der Waals surface area contributed by atoms with Gasteiger partial charge in [0.2, 0.25) is 0 Å². The number of nitrogens with one attached hydrogen (secondary N) is 2. The Morgan fingerprint density at radius 2 is 1.96 bits per heavy atom. The SMILES string of the molecule is COCCNC(=O)COC(=O)[C@@H](NC(=O)c1ccc(Cl)c([N+](=O)[O-])c1)C(C)C. The molecule has 0 radical (unpaired) electrons. The van der Waals surface area contributed by atoms with Crippen molar-refractivity contribution in [1.82, 2.24) is 10.6 Å². The lowest BCUT2D eigenvalue weighted by molar-refractivity contribution is -0.384. The number of esters is 1. The predicted molar refractivity (Wildman–Crippen MR) is 100 cm³/mol. The number of carbonyl (C=O) groups is 3. The lowest BCUT2D eigenvalue weighted by Crippen LogP contribution is -2.46. The Hall–Kier alpha value is -2.72. The summed E-state index contributed by atoms with van der Waals surface area (Å²) < 4.78 is 9.72. The number of nitro groups is 1. The van der Waals surface area contributed by atoms with Gasteiger partial charge in [0.25, 0.3) is 17.5 Å². The first kappa shape index (κ1) is 23.3. The fourth-order valence-electron chi connectivity index (χ4n) is 2.09. The minimum atomic E-state index is -1.05. The molecule has 0 aliphatic heterocycles. The Balaban J connectivity index is 2.75. The van der Waals surface area contributed by atoms with Gasteiger partial charge in [0.05, 0.1) is 11.5 Å². The van der Waals surface area contributed by atoms with Crippen molar-refractivity contribution in [3.8, 4) is 0 Å². The second kappa shape index (κ2) is 11.2. The molecular formula is C17H22ClN3O7. The molecule has 1 aromatic carbocycles. The summed E-state index contributed by atoms with van der Waals surface area (Å²) in [6.45, 7) is 3.43. The van der Waals surface area contributed by atoms with Gasteiger partial charge in [-0.1, -0.05) is 25.4 Å². The molecule has 0 spiro atoms. The number of benzene rings is 1. The number of nitro benzene ring substituents is 1. The molecule has 154 valence electrons. The van der Waals surface area contributed by atoms with E-state index in [9.17, 15) is 24.5 Å². The second-order valence-corrected chi connectivity index (χ2v) is 6.48. The molecule has 0 bridgehead atoms. The summed E-state index contributed by atoms with van der Waals surface area (Å²) in [5.41, 5.74) is -0.461. The van der Waals surface area contributed by atoms with Crippen molar-refractivity contribution in [2.45, 2.75) is 19.9 Å². The Labute approximate surface area is 166 Å². The van der Waals surface area contributed by atoms with Crippen LogP contribution >= 0.6 is 11.6 Å². The van der Waals surface area contributed by atoms with Gasteiger partial charge in [0, 0.05) is 25.3 Å². The van der Waals surface area contributed by atoms with E-state index in [-0.39, 0.29) is 23.0 Å². The quantitative estimate of drug-likeness (QED) is 0.254. The van der Waals surface area contributed by atoms with Crippen LogP contribution in [0.15, 0.2) is 18.2 Å². The summed E-state index contributed by atoms with van der Waals surface area (Å²) in [4.78, 5) is 46.4. The largest absolute Gasteiger partial charge is 0.454 e. The minimum Gasteiger partial charge on any atom is -0.454 e. The van der Waals surface area contributed by atoms with E-state index < -0.39 is 41.0 Å². The van der Waals surface area contributed by atoms with E-state index in [1.807, 2.05) is 0 Å². The molecule has 0 saturated heterocycles. The summed E-state index contributed by atoms with van der Waals surface area (Å²) in [5.74, 6) is -2.36. The van der Waals surface area contributed by atoms with Gasteiger partial charge in [-0.25, -0.2) is 4.79 Å². The summed E-state index contributed by atoms with van der Waals surface area (Å²) in [6, 6.07) is 2.50. The zero-order valence-corrected chi connectivity index (χ0v) is 16.4. The zero-order valence-electron chi connectivity index (χ0n) is 15.7. The number of amides is 2. The van der Waals surface area contributed by atoms with Crippen LogP contribution < -0.4 is 10.6 Å². The highest BCUT2D eigenvalue weighted by Crippen LogP contribution is 2.25. The zero-order chi connectivity index (χ0) is 21.3. The van der Waals surface area contributed by atoms with Crippen molar-refractivity contribution in [1.29, 1.82) is 0 Å². The number of carbonyl (C=O) groups excluding carboxylic acids is 3. The van der Waals surface area contributed by atoms with Gasteiger partial charge in [-0.15, -0.1) is 0 Å². The number of nitrogens with zero attached hydrogens (tertiary/aromatic N) is 1. The first-order valence-electron chi connectivity index (χ1n) is 8.34. The summed E-state index contributed by atoms with van der Waals surface area (Å²) in [7, 11) is 1.48. The van der Waals surface area contributed by atoms with Crippen LogP contribution in [0.2, 0.25) is 5.02 Å². The lowest BCUT2D eigenvalue weighted by Gasteiger charge is -2.20. The Morgan fingerprint density at radius 1 is 1.29 bits per heavy atom. The van der Waals surface area contributed by atoms with Crippen molar-refractivity contribution in [2.24, 2.45) is 5.92 Å². The number of hydrogen-bond donors (Lipinski definition) is 2. The summed E-state index contributed by atoms with van der Waals surface area (Å²) in [6.07, 6.45) is 0. The fourth-order valence-corrected chi connectivity index (χ4v) is 2.27. The van der Waals surface area contributed by atoms with Crippen LogP contribution in [0.3, 0.4) is 0 Å². The van der Waals surface area contributed by atoms with Gasteiger partial charge in [0.1, 0.15) is 11.1 Å². The van der Waals surface area contributed by atoms with Crippen LogP contribution in [0.5, 0.6) is 0 Å². The maximum atomic E-state index is 12.4. The molecular weight excluding hydrogens is 394 g/mol. The Kier molecular flexibility index (Phi) is 9.33. The van der Waals surface area contributed by atoms with Gasteiger partial charge in [0.15, 0.2) is 6.61 Å². The van der Waals surface area contributed by atoms with Crippen molar-refractivity contribution in [3.05, 3.63) is 38.9 Å². The molecule has 0 unspecified atom stereocenters. The van der Waals surface area contributed by atoms with E-state index in [4.69, 9.17) is 21.1 Å². The van der Waals surface area contributed by atoms with E-state index in [1.165, 1.54) is 19.2 Å². The minimum absolute atomic E-state index is 0.0353. The number of ether oxygens (including phenoxy) is 2. The summed E-state index contributed by atoms with van der Waals surface area (Å²) in [5, 5.41) is 15.8. The molecule has 0 aromatic heterocycles. The molecule has 11 heteroatoms. The lowest BCUT2D eigenvalue weighted by atomic mass is 10.0. The molecule has 28 heavy (non-hydrogen) atoms. The smallest absolute Gasteiger partial charge is 0.329 e. The molecule has 1 aromatic rings. The molecule has 1 rings (SSSR count). The van der Waals surface area contributed by atoms with Crippen LogP contribution in [-0.4, -0.2) is 55.6 Å². The van der Waals surface area contributed by atoms with Crippen LogP contribution in [0.25, 0.3) is 0 Å². The fraction of sp³-hybridized carbons (Fsp3) is 0.471. The molecule has 0 fully saturated rings. The number of hydrogen-bond acceptors (Lipinski definition) is 7. The van der Waals surface area contributed by atoms with Crippen LogP contribution in [0.1, 0.15) is 24.2 Å². The first-order chi connectivity index (χ1) is 13.2. The topological polar surface area (TPSA) is 137 Å². The van der Waals surface area contributed by atoms with Gasteiger partial charge >= 0.3 is 5.97 Å². The van der Waals surface area contributed by atoms with E-state index >= 15 is 0 Å². The number of rotatable bonds is 10. The molecule has 2 amide bonds. The molecule has 10 nitrogen and oxygen atoms in total. The third kappa shape index (κ3) is 7.12. The van der Waals surface area contributed by atoms with Gasteiger partial charge < -0.3 is 20.1 Å². The van der Waals surface area contributed by atoms with E-state index in [2.05, 4.69) is 10.6 Å². The number of halogens is 1. The van der Waals surface area contributed by atoms with E-state index in [1.54, 1.807) is 13.8 Å². The standard InChI is InChI=1S/C17H22ClN3O7/c1-10(2)15(17(24)28-9-14(22)19-6-7-27-3)20-16(23)11-4-5-12(18)13(8-11)21(25)26/h4-5,8,10,15H,6-7,9H2,1-3H3,(H,19,22)(H,20,23)/t15-/m0/s1. The van der Waals surface area contributed by atoms with E-state index in [0.29, 0.717) is 6.61 Å². The third-order valence-corrected chi connectivity index (χ3v) is 3.91. The van der Waals surface area contributed by atoms with E-state index in [0.717, 1.165) is 6.07 Å². The highest BCUT2D eigenvalue weighted by atomic mass is 35.5. The maximum absolute atomic E-state index is 12.4. The highest BCUT2D eigenvalue weighted by Gasteiger charge is 2.27. The average molecular weight is 416 g/mol. The molecule has 0 aliphatic rings. The third-order valence-electron chi connectivity index (χ3n) is 3.59. The monoisotopic (exact) mass is 415 g/mol. The van der Waals surface area contributed by atoms with Crippen molar-refractivity contribution >= 4 is 35.1 Å². The number of methoxy groups -OCH3 is 1. The maximum Gasteiger partial charge on any atom is 0.329 e. The van der Waals surface area contributed by atoms with Crippen LogP contribution in [0, 0.1) is 16.0 Å². The molecule has 0 heterocycles. The summed E-state index contributed by atoms with van der Waals surface area (Å²) >= 11 is 5.73.